The molecular formula is C18H17N3O5. The van der Waals surface area contributed by atoms with Crippen molar-refractivity contribution >= 4 is 23.2 Å². The number of nitro benzene ring substituents is 1. The van der Waals surface area contributed by atoms with E-state index < -0.39 is 10.8 Å². The van der Waals surface area contributed by atoms with Gasteiger partial charge in [-0.3, -0.25) is 19.7 Å². The predicted molar refractivity (Wildman–Crippen MR) is 94.3 cm³/mol. The molecule has 2 amide bonds. The van der Waals surface area contributed by atoms with Gasteiger partial charge in [-0.25, -0.2) is 0 Å². The molecule has 0 radical (unpaired) electrons. The van der Waals surface area contributed by atoms with Crippen LogP contribution in [-0.2, 0) is 4.79 Å². The molecule has 8 heteroatoms. The molecule has 2 aromatic carbocycles. The Morgan fingerprint density at radius 2 is 2.00 bits per heavy atom. The summed E-state index contributed by atoms with van der Waals surface area (Å²) in [6.45, 7) is 0.339. The Morgan fingerprint density at radius 1 is 1.27 bits per heavy atom. The molecule has 0 aromatic heterocycles. The van der Waals surface area contributed by atoms with Gasteiger partial charge in [-0.1, -0.05) is 6.07 Å². The van der Waals surface area contributed by atoms with Crippen molar-refractivity contribution in [1.82, 2.24) is 5.32 Å². The summed E-state index contributed by atoms with van der Waals surface area (Å²) in [5, 5.41) is 13.6. The molecule has 8 nitrogen and oxygen atoms in total. The monoisotopic (exact) mass is 355 g/mol. The number of hydrogen-bond acceptors (Lipinski definition) is 5. The van der Waals surface area contributed by atoms with E-state index in [2.05, 4.69) is 5.32 Å². The normalized spacial score (nSPS) is 16.4. The number of rotatable bonds is 5. The van der Waals surface area contributed by atoms with E-state index in [1.54, 1.807) is 36.3 Å². The van der Waals surface area contributed by atoms with Crippen molar-refractivity contribution in [3.05, 3.63) is 64.2 Å². The minimum atomic E-state index is -0.554. The van der Waals surface area contributed by atoms with Crippen LogP contribution in [-0.4, -0.2) is 36.4 Å². The predicted octanol–water partition coefficient (Wildman–Crippen LogP) is 2.14. The molecule has 1 fully saturated rings. The van der Waals surface area contributed by atoms with Gasteiger partial charge in [0, 0.05) is 36.3 Å². The highest BCUT2D eigenvalue weighted by atomic mass is 16.6. The van der Waals surface area contributed by atoms with Crippen molar-refractivity contribution in [2.45, 2.75) is 12.5 Å². The lowest BCUT2D eigenvalue weighted by Gasteiger charge is -2.17. The van der Waals surface area contributed by atoms with Crippen molar-refractivity contribution in [2.24, 2.45) is 0 Å². The quantitative estimate of drug-likeness (QED) is 0.654. The maximum atomic E-state index is 12.3. The van der Waals surface area contributed by atoms with E-state index >= 15 is 0 Å². The fourth-order valence-corrected chi connectivity index (χ4v) is 2.85. The van der Waals surface area contributed by atoms with E-state index in [0.29, 0.717) is 12.3 Å². The highest BCUT2D eigenvalue weighted by Gasteiger charge is 2.31. The molecule has 26 heavy (non-hydrogen) atoms. The standard InChI is InChI=1S/C18H17N3O5/c1-26-16-7-5-14(6-8-16)20-11-13(10-17(20)22)19-18(23)12-3-2-4-15(9-12)21(24)25/h2-9,13H,10-11H2,1H3,(H,19,23). The second kappa shape index (κ2) is 7.22. The van der Waals surface area contributed by atoms with Gasteiger partial charge >= 0.3 is 0 Å². The Balaban J connectivity index is 1.67. The van der Waals surface area contributed by atoms with Gasteiger partial charge in [0.25, 0.3) is 11.6 Å². The Bertz CT molecular complexity index is 850. The van der Waals surface area contributed by atoms with Crippen LogP contribution in [0, 0.1) is 10.1 Å². The van der Waals surface area contributed by atoms with Gasteiger partial charge in [-0.05, 0) is 30.3 Å². The van der Waals surface area contributed by atoms with E-state index in [9.17, 15) is 19.7 Å². The molecule has 1 atom stereocenters. The third kappa shape index (κ3) is 3.64. The molecule has 0 saturated carbocycles. The molecule has 1 saturated heterocycles. The largest absolute Gasteiger partial charge is 0.497 e. The number of nitro groups is 1. The molecule has 1 unspecified atom stereocenters. The van der Waals surface area contributed by atoms with Gasteiger partial charge in [0.1, 0.15) is 5.75 Å². The first kappa shape index (κ1) is 17.4. The lowest BCUT2D eigenvalue weighted by molar-refractivity contribution is -0.384. The molecule has 2 aromatic rings. The first-order chi connectivity index (χ1) is 12.5. The summed E-state index contributed by atoms with van der Waals surface area (Å²) in [7, 11) is 1.56. The summed E-state index contributed by atoms with van der Waals surface area (Å²) < 4.78 is 5.10. The number of hydrogen-bond donors (Lipinski definition) is 1. The molecule has 0 spiro atoms. The van der Waals surface area contributed by atoms with Gasteiger partial charge in [0.2, 0.25) is 5.91 Å². The molecule has 1 heterocycles. The number of ether oxygens (including phenoxy) is 1. The van der Waals surface area contributed by atoms with Crippen LogP contribution in [0.4, 0.5) is 11.4 Å². The minimum Gasteiger partial charge on any atom is -0.497 e. The lowest BCUT2D eigenvalue weighted by atomic mass is 10.1. The van der Waals surface area contributed by atoms with Crippen LogP contribution in [0.25, 0.3) is 0 Å². The van der Waals surface area contributed by atoms with E-state index in [4.69, 9.17) is 4.74 Å². The number of benzene rings is 2. The van der Waals surface area contributed by atoms with Crippen molar-refractivity contribution in [1.29, 1.82) is 0 Å². The Labute approximate surface area is 149 Å². The first-order valence-corrected chi connectivity index (χ1v) is 7.97. The number of non-ortho nitro benzene ring substituents is 1. The van der Waals surface area contributed by atoms with Crippen LogP contribution >= 0.6 is 0 Å². The molecule has 0 aliphatic carbocycles. The van der Waals surface area contributed by atoms with Crippen molar-refractivity contribution in [3.8, 4) is 5.75 Å². The van der Waals surface area contributed by atoms with Crippen molar-refractivity contribution in [3.63, 3.8) is 0 Å². The second-order valence-electron chi connectivity index (χ2n) is 5.88. The summed E-state index contributed by atoms with van der Waals surface area (Å²) in [5.41, 5.74) is 0.762. The van der Waals surface area contributed by atoms with Crippen LogP contribution in [0.1, 0.15) is 16.8 Å². The highest BCUT2D eigenvalue weighted by Crippen LogP contribution is 2.24. The fraction of sp³-hybridized carbons (Fsp3) is 0.222. The van der Waals surface area contributed by atoms with Gasteiger partial charge < -0.3 is 15.0 Å². The number of anilines is 1. The molecule has 0 bridgehead atoms. The molecule has 3 rings (SSSR count). The molecule has 134 valence electrons. The van der Waals surface area contributed by atoms with Crippen LogP contribution < -0.4 is 15.0 Å². The third-order valence-corrected chi connectivity index (χ3v) is 4.16. The van der Waals surface area contributed by atoms with Gasteiger partial charge in [0.15, 0.2) is 0 Å². The lowest BCUT2D eigenvalue weighted by Crippen LogP contribution is -2.37. The van der Waals surface area contributed by atoms with Crippen molar-refractivity contribution in [2.75, 3.05) is 18.6 Å². The summed E-state index contributed by atoms with van der Waals surface area (Å²) >= 11 is 0. The number of nitrogens with zero attached hydrogens (tertiary/aromatic N) is 2. The zero-order chi connectivity index (χ0) is 18.7. The maximum absolute atomic E-state index is 12.3. The second-order valence-corrected chi connectivity index (χ2v) is 5.88. The summed E-state index contributed by atoms with van der Waals surface area (Å²) in [6.07, 6.45) is 0.173. The number of carbonyl (C=O) groups is 2. The van der Waals surface area contributed by atoms with Crippen LogP contribution in [0.5, 0.6) is 5.75 Å². The van der Waals surface area contributed by atoms with Crippen LogP contribution in [0.3, 0.4) is 0 Å². The number of nitrogens with one attached hydrogen (secondary N) is 1. The molecule has 1 aliphatic heterocycles. The van der Waals surface area contributed by atoms with E-state index in [-0.39, 0.29) is 29.6 Å². The Kier molecular flexibility index (Phi) is 4.83. The number of amides is 2. The summed E-state index contributed by atoms with van der Waals surface area (Å²) in [5.74, 6) is 0.151. The molecule has 1 N–H and O–H groups in total. The average molecular weight is 355 g/mol. The van der Waals surface area contributed by atoms with E-state index in [1.807, 2.05) is 0 Å². The third-order valence-electron chi connectivity index (χ3n) is 4.16. The average Bonchev–Trinajstić information content (AvgIpc) is 3.02. The molecular weight excluding hydrogens is 338 g/mol. The van der Waals surface area contributed by atoms with E-state index in [1.165, 1.54) is 24.3 Å². The van der Waals surface area contributed by atoms with Gasteiger partial charge in [0.05, 0.1) is 18.1 Å². The topological polar surface area (TPSA) is 102 Å². The molecule has 1 aliphatic rings. The Hall–Kier alpha value is -3.42. The SMILES string of the molecule is COc1ccc(N2CC(NC(=O)c3cccc([N+](=O)[O-])c3)CC2=O)cc1. The van der Waals surface area contributed by atoms with Gasteiger partial charge in [-0.2, -0.15) is 0 Å². The highest BCUT2D eigenvalue weighted by molar-refractivity contribution is 5.99. The Morgan fingerprint density at radius 3 is 2.65 bits per heavy atom. The number of methoxy groups -OCH3 is 1. The zero-order valence-corrected chi connectivity index (χ0v) is 14.0. The van der Waals surface area contributed by atoms with Gasteiger partial charge in [-0.15, -0.1) is 0 Å². The van der Waals surface area contributed by atoms with Crippen LogP contribution in [0.2, 0.25) is 0 Å². The van der Waals surface area contributed by atoms with E-state index in [0.717, 1.165) is 5.69 Å². The zero-order valence-electron chi connectivity index (χ0n) is 14.0. The van der Waals surface area contributed by atoms with Crippen LogP contribution in [0.15, 0.2) is 48.5 Å². The smallest absolute Gasteiger partial charge is 0.270 e. The van der Waals surface area contributed by atoms with Crippen molar-refractivity contribution < 1.29 is 19.2 Å². The fourth-order valence-electron chi connectivity index (χ4n) is 2.85. The summed E-state index contributed by atoms with van der Waals surface area (Å²) in [6, 6.07) is 12.2. The maximum Gasteiger partial charge on any atom is 0.270 e. The first-order valence-electron chi connectivity index (χ1n) is 7.97. The minimum absolute atomic E-state index is 0.0977. The summed E-state index contributed by atoms with van der Waals surface area (Å²) in [4.78, 5) is 36.4. The number of carbonyl (C=O) groups excluding carboxylic acids is 2.